The predicted octanol–water partition coefficient (Wildman–Crippen LogP) is 3.96. The third-order valence-electron chi connectivity index (χ3n) is 4.80. The number of rotatable bonds is 12. The van der Waals surface area contributed by atoms with Crippen molar-refractivity contribution in [1.29, 1.82) is 0 Å². The summed E-state index contributed by atoms with van der Waals surface area (Å²) >= 11 is 0. The molecule has 1 fully saturated rings. The molecule has 3 heteroatoms. The molecule has 0 bridgehead atoms. The zero-order valence-electron chi connectivity index (χ0n) is 14.5. The molecule has 1 aliphatic rings. The predicted molar refractivity (Wildman–Crippen MR) is 91.7 cm³/mol. The first-order chi connectivity index (χ1) is 10.3. The van der Waals surface area contributed by atoms with Crippen LogP contribution in [0.3, 0.4) is 0 Å². The second kappa shape index (κ2) is 12.4. The van der Waals surface area contributed by atoms with Crippen molar-refractivity contribution in [1.82, 2.24) is 4.90 Å². The zero-order chi connectivity index (χ0) is 15.3. The van der Waals surface area contributed by atoms with Crippen LogP contribution in [0.15, 0.2) is 0 Å². The standard InChI is InChI=1S/C18H38N2O/c1-3-4-5-6-7-8-9-12-17(15-19)20(2)16-18-13-10-11-14-21-18/h17-18H,3-16,19H2,1-2H3. The van der Waals surface area contributed by atoms with Crippen LogP contribution in [0.2, 0.25) is 0 Å². The molecular weight excluding hydrogens is 260 g/mol. The molecule has 0 saturated carbocycles. The van der Waals surface area contributed by atoms with E-state index in [1.54, 1.807) is 0 Å². The van der Waals surface area contributed by atoms with Gasteiger partial charge in [0.05, 0.1) is 6.10 Å². The molecule has 0 aromatic heterocycles. The van der Waals surface area contributed by atoms with Gasteiger partial charge in [-0.1, -0.05) is 51.9 Å². The number of nitrogens with zero attached hydrogens (tertiary/aromatic N) is 1. The Balaban J connectivity index is 2.08. The van der Waals surface area contributed by atoms with E-state index in [1.165, 1.54) is 70.6 Å². The summed E-state index contributed by atoms with van der Waals surface area (Å²) in [5.74, 6) is 0. The number of hydrogen-bond donors (Lipinski definition) is 1. The Morgan fingerprint density at radius 3 is 2.43 bits per heavy atom. The van der Waals surface area contributed by atoms with Crippen LogP contribution in [0.25, 0.3) is 0 Å². The molecule has 0 aromatic rings. The smallest absolute Gasteiger partial charge is 0.0702 e. The maximum Gasteiger partial charge on any atom is 0.0702 e. The van der Waals surface area contributed by atoms with Crippen molar-refractivity contribution in [3.05, 3.63) is 0 Å². The minimum Gasteiger partial charge on any atom is -0.377 e. The van der Waals surface area contributed by atoms with Crippen molar-refractivity contribution in [3.63, 3.8) is 0 Å². The van der Waals surface area contributed by atoms with E-state index in [1.807, 2.05) is 0 Å². The SMILES string of the molecule is CCCCCCCCCC(CN)N(C)CC1CCCCO1. The van der Waals surface area contributed by atoms with E-state index in [-0.39, 0.29) is 0 Å². The molecule has 1 rings (SSSR count). The number of unbranched alkanes of at least 4 members (excludes halogenated alkanes) is 6. The van der Waals surface area contributed by atoms with Crippen LogP contribution in [0.1, 0.15) is 77.6 Å². The molecule has 126 valence electrons. The number of hydrogen-bond acceptors (Lipinski definition) is 3. The van der Waals surface area contributed by atoms with Crippen molar-refractivity contribution in [2.24, 2.45) is 5.73 Å². The largest absolute Gasteiger partial charge is 0.377 e. The highest BCUT2D eigenvalue weighted by atomic mass is 16.5. The molecule has 1 saturated heterocycles. The Kier molecular flexibility index (Phi) is 11.2. The van der Waals surface area contributed by atoms with Crippen molar-refractivity contribution in [2.75, 3.05) is 26.7 Å². The second-order valence-electron chi connectivity index (χ2n) is 6.73. The molecule has 21 heavy (non-hydrogen) atoms. The van der Waals surface area contributed by atoms with Crippen LogP contribution in [-0.4, -0.2) is 43.8 Å². The van der Waals surface area contributed by atoms with Gasteiger partial charge in [0.25, 0.3) is 0 Å². The Hall–Kier alpha value is -0.120. The van der Waals surface area contributed by atoms with E-state index < -0.39 is 0 Å². The fourth-order valence-corrected chi connectivity index (χ4v) is 3.28. The van der Waals surface area contributed by atoms with Crippen molar-refractivity contribution in [2.45, 2.75) is 89.7 Å². The number of likely N-dealkylation sites (N-methyl/N-ethyl adjacent to an activating group) is 1. The fraction of sp³-hybridized carbons (Fsp3) is 1.00. The lowest BCUT2D eigenvalue weighted by Crippen LogP contribution is -2.43. The maximum absolute atomic E-state index is 5.98. The van der Waals surface area contributed by atoms with Crippen LogP contribution in [-0.2, 0) is 4.74 Å². The summed E-state index contributed by atoms with van der Waals surface area (Å²) in [4.78, 5) is 2.44. The minimum absolute atomic E-state index is 0.437. The topological polar surface area (TPSA) is 38.5 Å². The van der Waals surface area contributed by atoms with Gasteiger partial charge < -0.3 is 10.5 Å². The third-order valence-corrected chi connectivity index (χ3v) is 4.80. The lowest BCUT2D eigenvalue weighted by molar-refractivity contribution is -0.00827. The van der Waals surface area contributed by atoms with Gasteiger partial charge in [-0.3, -0.25) is 4.90 Å². The van der Waals surface area contributed by atoms with Crippen LogP contribution < -0.4 is 5.73 Å². The normalized spacial score (nSPS) is 20.9. The molecule has 0 aromatic carbocycles. The van der Waals surface area contributed by atoms with E-state index in [9.17, 15) is 0 Å². The molecule has 2 N–H and O–H groups in total. The number of ether oxygens (including phenoxy) is 1. The van der Waals surface area contributed by atoms with E-state index in [0.29, 0.717) is 12.1 Å². The maximum atomic E-state index is 5.98. The van der Waals surface area contributed by atoms with Gasteiger partial charge >= 0.3 is 0 Å². The average molecular weight is 299 g/mol. The molecule has 2 unspecified atom stereocenters. The van der Waals surface area contributed by atoms with Gasteiger partial charge in [0.15, 0.2) is 0 Å². The summed E-state index contributed by atoms with van der Waals surface area (Å²) in [6.45, 7) is 5.05. The Morgan fingerprint density at radius 2 is 1.81 bits per heavy atom. The van der Waals surface area contributed by atoms with E-state index in [4.69, 9.17) is 10.5 Å². The van der Waals surface area contributed by atoms with Gasteiger partial charge in [-0.25, -0.2) is 0 Å². The van der Waals surface area contributed by atoms with Crippen LogP contribution in [0.5, 0.6) is 0 Å². The summed E-state index contributed by atoms with van der Waals surface area (Å²) in [5, 5.41) is 0. The first kappa shape index (κ1) is 18.9. The molecule has 0 spiro atoms. The lowest BCUT2D eigenvalue weighted by atomic mass is 10.0. The summed E-state index contributed by atoms with van der Waals surface area (Å²) in [5.41, 5.74) is 5.98. The summed E-state index contributed by atoms with van der Waals surface area (Å²) < 4.78 is 5.84. The Morgan fingerprint density at radius 1 is 1.10 bits per heavy atom. The van der Waals surface area contributed by atoms with Gasteiger partial charge in [0.2, 0.25) is 0 Å². The fourth-order valence-electron chi connectivity index (χ4n) is 3.28. The van der Waals surface area contributed by atoms with E-state index in [2.05, 4.69) is 18.9 Å². The molecule has 0 amide bonds. The molecule has 1 heterocycles. The zero-order valence-corrected chi connectivity index (χ0v) is 14.5. The van der Waals surface area contributed by atoms with Gasteiger partial charge in [-0.2, -0.15) is 0 Å². The summed E-state index contributed by atoms with van der Waals surface area (Å²) in [6, 6.07) is 0.533. The monoisotopic (exact) mass is 298 g/mol. The van der Waals surface area contributed by atoms with Crippen molar-refractivity contribution < 1.29 is 4.74 Å². The average Bonchev–Trinajstić information content (AvgIpc) is 2.51. The quantitative estimate of drug-likeness (QED) is 0.554. The molecule has 1 aliphatic heterocycles. The highest BCUT2D eigenvalue weighted by Gasteiger charge is 2.20. The molecule has 3 nitrogen and oxygen atoms in total. The van der Waals surface area contributed by atoms with Crippen LogP contribution in [0.4, 0.5) is 0 Å². The second-order valence-corrected chi connectivity index (χ2v) is 6.73. The Bertz CT molecular complexity index is 229. The minimum atomic E-state index is 0.437. The molecule has 2 atom stereocenters. The summed E-state index contributed by atoms with van der Waals surface area (Å²) in [7, 11) is 2.22. The lowest BCUT2D eigenvalue weighted by Gasteiger charge is -2.32. The molecular formula is C18H38N2O. The molecule has 0 aliphatic carbocycles. The van der Waals surface area contributed by atoms with Gasteiger partial charge in [0, 0.05) is 25.7 Å². The highest BCUT2D eigenvalue weighted by Crippen LogP contribution is 2.16. The van der Waals surface area contributed by atoms with Gasteiger partial charge in [-0.15, -0.1) is 0 Å². The van der Waals surface area contributed by atoms with Crippen molar-refractivity contribution in [3.8, 4) is 0 Å². The Labute approximate surface area is 132 Å². The van der Waals surface area contributed by atoms with Gasteiger partial charge in [0.1, 0.15) is 0 Å². The van der Waals surface area contributed by atoms with Crippen LogP contribution in [0, 0.1) is 0 Å². The van der Waals surface area contributed by atoms with Crippen LogP contribution >= 0.6 is 0 Å². The highest BCUT2D eigenvalue weighted by molar-refractivity contribution is 4.74. The first-order valence-corrected chi connectivity index (χ1v) is 9.29. The third kappa shape index (κ3) is 8.80. The van der Waals surface area contributed by atoms with E-state index in [0.717, 1.165) is 19.7 Å². The number of nitrogens with two attached hydrogens (primary N) is 1. The summed E-state index contributed by atoms with van der Waals surface area (Å²) in [6.07, 6.45) is 15.1. The van der Waals surface area contributed by atoms with E-state index >= 15 is 0 Å². The van der Waals surface area contributed by atoms with Gasteiger partial charge in [-0.05, 0) is 32.7 Å². The first-order valence-electron chi connectivity index (χ1n) is 9.29. The molecule has 0 radical (unpaired) electrons. The van der Waals surface area contributed by atoms with Crippen molar-refractivity contribution >= 4 is 0 Å².